The molecule has 1 aromatic rings. The van der Waals surface area contributed by atoms with Gasteiger partial charge in [0.05, 0.1) is 11.4 Å². The number of nitrogens with one attached hydrogen (secondary N) is 1. The van der Waals surface area contributed by atoms with Gasteiger partial charge in [-0.3, -0.25) is 0 Å². The third kappa shape index (κ3) is 3.43. The molecule has 0 bridgehead atoms. The minimum Gasteiger partial charge on any atom is -0.249 e. The maximum absolute atomic E-state index is 10.9. The zero-order valence-electron chi connectivity index (χ0n) is 7.23. The molecule has 4 nitrogen and oxygen atoms in total. The second-order valence-corrected chi connectivity index (χ2v) is 4.26. The molecule has 0 aromatic heterocycles. The lowest BCUT2D eigenvalue weighted by Gasteiger charge is -2.04. The van der Waals surface area contributed by atoms with Gasteiger partial charge < -0.3 is 0 Å². The molecule has 0 amide bonds. The van der Waals surface area contributed by atoms with Crippen molar-refractivity contribution in [2.75, 3.05) is 11.2 Å². The smallest absolute Gasteiger partial charge is 0.249 e. The number of benzene rings is 1. The fourth-order valence-electron chi connectivity index (χ4n) is 0.677. The Kier molecular flexibility index (Phi) is 3.27. The molecule has 1 N–H and O–H groups in total. The lowest BCUT2D eigenvalue weighted by atomic mass is 10.3. The largest absolute Gasteiger partial charge is 0.287 e. The number of hydrogen-bond acceptors (Lipinski definition) is 4. The van der Waals surface area contributed by atoms with Crippen LogP contribution in [0.1, 0.15) is 6.92 Å². The zero-order chi connectivity index (χ0) is 9.73. The fourth-order valence-corrected chi connectivity index (χ4v) is 1.02. The maximum Gasteiger partial charge on any atom is 0.287 e. The molecule has 0 atom stereocenters. The summed E-state index contributed by atoms with van der Waals surface area (Å²) in [6.45, 7) is 1.52. The summed E-state index contributed by atoms with van der Waals surface area (Å²) in [7, 11) is -3.43. The van der Waals surface area contributed by atoms with Gasteiger partial charge in [0, 0.05) is 0 Å². The molecule has 1 aromatic carbocycles. The van der Waals surface area contributed by atoms with E-state index in [0.29, 0.717) is 5.69 Å². The van der Waals surface area contributed by atoms with E-state index in [2.05, 4.69) is 9.76 Å². The van der Waals surface area contributed by atoms with Crippen LogP contribution in [0.25, 0.3) is 0 Å². The molecule has 0 saturated heterocycles. The van der Waals surface area contributed by atoms with Crippen molar-refractivity contribution < 1.29 is 12.7 Å². The quantitative estimate of drug-likeness (QED) is 0.748. The summed E-state index contributed by atoms with van der Waals surface area (Å²) >= 11 is 0. The highest BCUT2D eigenvalue weighted by atomic mass is 32.2. The Labute approximate surface area is 77.6 Å². The predicted molar refractivity (Wildman–Crippen MR) is 50.6 cm³/mol. The fraction of sp³-hybridized carbons (Fsp3) is 0.250. The third-order valence-electron chi connectivity index (χ3n) is 1.41. The van der Waals surface area contributed by atoms with Crippen LogP contribution in [0.5, 0.6) is 0 Å². The molecule has 5 heteroatoms. The molecule has 0 aliphatic heterocycles. The Morgan fingerprint density at radius 3 is 2.46 bits per heavy atom. The molecule has 0 unspecified atom stereocenters. The Morgan fingerprint density at radius 1 is 1.31 bits per heavy atom. The minimum atomic E-state index is -3.43. The van der Waals surface area contributed by atoms with Gasteiger partial charge in [0.25, 0.3) is 10.1 Å². The van der Waals surface area contributed by atoms with Gasteiger partial charge in [0.15, 0.2) is 0 Å². The van der Waals surface area contributed by atoms with Gasteiger partial charge in [-0.05, 0) is 19.1 Å². The van der Waals surface area contributed by atoms with Gasteiger partial charge in [0.1, 0.15) is 0 Å². The Hall–Kier alpha value is -1.07. The van der Waals surface area contributed by atoms with Crippen molar-refractivity contribution in [3.05, 3.63) is 30.3 Å². The summed E-state index contributed by atoms with van der Waals surface area (Å²) in [6, 6.07) is 8.82. The maximum atomic E-state index is 10.9. The van der Waals surface area contributed by atoms with Crippen molar-refractivity contribution in [1.29, 1.82) is 0 Å². The van der Waals surface area contributed by atoms with E-state index in [-0.39, 0.29) is 5.75 Å². The van der Waals surface area contributed by atoms with E-state index in [0.717, 1.165) is 0 Å². The van der Waals surface area contributed by atoms with Crippen LogP contribution in [0.3, 0.4) is 0 Å². The zero-order valence-corrected chi connectivity index (χ0v) is 8.04. The number of hydrogen-bond donors (Lipinski definition) is 1. The molecular formula is C8H11NO3S. The van der Waals surface area contributed by atoms with Crippen molar-refractivity contribution in [1.82, 2.24) is 0 Å². The van der Waals surface area contributed by atoms with Crippen LogP contribution < -0.4 is 5.48 Å². The molecule has 72 valence electrons. The molecule has 0 aliphatic carbocycles. The highest BCUT2D eigenvalue weighted by Crippen LogP contribution is 2.06. The summed E-state index contributed by atoms with van der Waals surface area (Å²) in [6.07, 6.45) is 0. The van der Waals surface area contributed by atoms with Crippen LogP contribution in [-0.4, -0.2) is 14.2 Å². The van der Waals surface area contributed by atoms with E-state index in [9.17, 15) is 8.42 Å². The highest BCUT2D eigenvalue weighted by molar-refractivity contribution is 7.86. The first kappa shape index (κ1) is 10.0. The van der Waals surface area contributed by atoms with Gasteiger partial charge in [-0.15, -0.1) is 0 Å². The van der Waals surface area contributed by atoms with Crippen LogP contribution in [-0.2, 0) is 14.4 Å². The average molecular weight is 201 g/mol. The summed E-state index contributed by atoms with van der Waals surface area (Å²) in [5.41, 5.74) is 2.96. The van der Waals surface area contributed by atoms with Gasteiger partial charge in [0.2, 0.25) is 0 Å². The highest BCUT2D eigenvalue weighted by Gasteiger charge is 2.06. The number of rotatable bonds is 4. The number of anilines is 1. The average Bonchev–Trinajstić information content (AvgIpc) is 2.17. The van der Waals surface area contributed by atoms with Crippen LogP contribution in [0.15, 0.2) is 30.3 Å². The predicted octanol–water partition coefficient (Wildman–Crippen LogP) is 1.38. The molecule has 0 aliphatic rings. The van der Waals surface area contributed by atoms with E-state index >= 15 is 0 Å². The third-order valence-corrected chi connectivity index (χ3v) is 2.46. The molecule has 0 saturated carbocycles. The Bertz CT molecular complexity index is 347. The molecule has 0 fully saturated rings. The Morgan fingerprint density at radius 2 is 1.92 bits per heavy atom. The normalized spacial score (nSPS) is 11.2. The van der Waals surface area contributed by atoms with Gasteiger partial charge in [-0.2, -0.15) is 12.7 Å². The van der Waals surface area contributed by atoms with Crippen LogP contribution in [0, 0.1) is 0 Å². The van der Waals surface area contributed by atoms with E-state index in [4.69, 9.17) is 0 Å². The second kappa shape index (κ2) is 4.25. The summed E-state index contributed by atoms with van der Waals surface area (Å²) < 4.78 is 26.3. The van der Waals surface area contributed by atoms with Crippen LogP contribution in [0.4, 0.5) is 5.69 Å². The monoisotopic (exact) mass is 201 g/mol. The first-order chi connectivity index (χ1) is 6.14. The van der Waals surface area contributed by atoms with Gasteiger partial charge >= 0.3 is 0 Å². The molecule has 0 spiro atoms. The van der Waals surface area contributed by atoms with Gasteiger partial charge in [-0.1, -0.05) is 18.2 Å². The Balaban J connectivity index is 2.54. The van der Waals surface area contributed by atoms with Crippen molar-refractivity contribution in [2.24, 2.45) is 0 Å². The molecule has 1 rings (SSSR count). The summed E-state index contributed by atoms with van der Waals surface area (Å²) in [5, 5.41) is 0. The standard InChI is InChI=1S/C8H11NO3S/c1-2-13(10,11)12-9-8-6-4-3-5-7-8/h3-7,9H,2H2,1H3. The first-order valence-electron chi connectivity index (χ1n) is 3.86. The summed E-state index contributed by atoms with van der Waals surface area (Å²) in [5.74, 6) is -0.0488. The van der Waals surface area contributed by atoms with E-state index < -0.39 is 10.1 Å². The molecule has 13 heavy (non-hydrogen) atoms. The van der Waals surface area contributed by atoms with Crippen molar-refractivity contribution in [3.8, 4) is 0 Å². The first-order valence-corrected chi connectivity index (χ1v) is 5.44. The van der Waals surface area contributed by atoms with Gasteiger partial charge in [-0.25, -0.2) is 5.48 Å². The van der Waals surface area contributed by atoms with Crippen molar-refractivity contribution in [3.63, 3.8) is 0 Å². The summed E-state index contributed by atoms with van der Waals surface area (Å²) in [4.78, 5) is 0. The van der Waals surface area contributed by atoms with Crippen molar-refractivity contribution >= 4 is 15.8 Å². The minimum absolute atomic E-state index is 0.0488. The van der Waals surface area contributed by atoms with Crippen molar-refractivity contribution in [2.45, 2.75) is 6.92 Å². The van der Waals surface area contributed by atoms with Crippen LogP contribution >= 0.6 is 0 Å². The van der Waals surface area contributed by atoms with E-state index in [1.807, 2.05) is 6.07 Å². The van der Waals surface area contributed by atoms with Crippen LogP contribution in [0.2, 0.25) is 0 Å². The SMILES string of the molecule is CCS(=O)(=O)ONc1ccccc1. The lowest BCUT2D eigenvalue weighted by molar-refractivity contribution is 0.392. The second-order valence-electron chi connectivity index (χ2n) is 2.40. The van der Waals surface area contributed by atoms with E-state index in [1.165, 1.54) is 6.92 Å². The topological polar surface area (TPSA) is 55.4 Å². The van der Waals surface area contributed by atoms with E-state index in [1.54, 1.807) is 24.3 Å². The lowest BCUT2D eigenvalue weighted by Crippen LogP contribution is -2.12. The molecular weight excluding hydrogens is 190 g/mol. The number of para-hydroxylation sites is 1. The molecule has 0 heterocycles. The molecule has 0 radical (unpaired) electrons.